The van der Waals surface area contributed by atoms with Gasteiger partial charge in [0.05, 0.1) is 12.1 Å². The van der Waals surface area contributed by atoms with E-state index in [-0.39, 0.29) is 11.6 Å². The number of anilines is 1. The van der Waals surface area contributed by atoms with E-state index in [1.165, 1.54) is 16.9 Å². The maximum absolute atomic E-state index is 11.7. The first-order valence-electron chi connectivity index (χ1n) is 7.65. The Bertz CT molecular complexity index is 738. The van der Waals surface area contributed by atoms with Crippen molar-refractivity contribution in [3.63, 3.8) is 0 Å². The molecule has 1 aromatic carbocycles. The molecule has 2 aromatic rings. The van der Waals surface area contributed by atoms with E-state index in [9.17, 15) is 4.79 Å². The van der Waals surface area contributed by atoms with Gasteiger partial charge in [-0.15, -0.1) is 0 Å². The minimum Gasteiger partial charge on any atom is -0.357 e. The molecule has 1 unspecified atom stereocenters. The number of hydrogen-bond acceptors (Lipinski definition) is 2. The molecule has 114 valence electrons. The number of hydrogen-bond donors (Lipinski definition) is 1. The summed E-state index contributed by atoms with van der Waals surface area (Å²) in [7, 11) is 0. The van der Waals surface area contributed by atoms with Crippen LogP contribution in [0.25, 0.3) is 0 Å². The van der Waals surface area contributed by atoms with Crippen LogP contribution in [0.4, 0.5) is 10.5 Å². The highest BCUT2D eigenvalue weighted by molar-refractivity contribution is 5.73. The molecule has 22 heavy (non-hydrogen) atoms. The second-order valence-corrected chi connectivity index (χ2v) is 6.34. The van der Waals surface area contributed by atoms with Crippen LogP contribution in [0.1, 0.15) is 18.2 Å². The molecule has 2 aliphatic heterocycles. The molecule has 3 heterocycles. The van der Waals surface area contributed by atoms with Crippen LogP contribution in [0.15, 0.2) is 42.6 Å². The quantitative estimate of drug-likeness (QED) is 0.808. The highest BCUT2D eigenvalue weighted by Gasteiger charge is 2.44. The van der Waals surface area contributed by atoms with Crippen LogP contribution in [0.5, 0.6) is 0 Å². The Balaban J connectivity index is 1.90. The Morgan fingerprint density at radius 2 is 2.00 bits per heavy atom. The lowest BCUT2D eigenvalue weighted by atomic mass is 9.91. The predicted molar refractivity (Wildman–Crippen MR) is 85.8 cm³/mol. The van der Waals surface area contributed by atoms with Crippen LogP contribution in [-0.4, -0.2) is 35.1 Å². The number of nitrogens with zero attached hydrogens (tertiary/aromatic N) is 3. The smallest absolute Gasteiger partial charge is 0.314 e. The highest BCUT2D eigenvalue weighted by atomic mass is 16.2. The zero-order valence-electron chi connectivity index (χ0n) is 12.7. The number of fused-ring (bicyclic) bond motifs is 5. The van der Waals surface area contributed by atoms with Gasteiger partial charge in [0, 0.05) is 37.2 Å². The summed E-state index contributed by atoms with van der Waals surface area (Å²) in [6.45, 7) is 5.14. The first kappa shape index (κ1) is 13.2. The van der Waals surface area contributed by atoms with E-state index < -0.39 is 0 Å². The van der Waals surface area contributed by atoms with E-state index in [1.54, 1.807) is 4.90 Å². The average Bonchev–Trinajstić information content (AvgIpc) is 2.93. The molecule has 2 amide bonds. The standard InChI is InChI=1S/C17H20N4O/c1-17-12-20(16(18)22)9-10-21(17)14-6-3-2-5-13(14)11-19-8-4-7-15(17)19/h2-8H,9-12H2,1H3,(H2,18,22). The molecule has 1 atom stereocenters. The highest BCUT2D eigenvalue weighted by Crippen LogP contribution is 2.40. The summed E-state index contributed by atoms with van der Waals surface area (Å²) in [5, 5.41) is 0. The van der Waals surface area contributed by atoms with Gasteiger partial charge in [-0.25, -0.2) is 4.79 Å². The number of piperazine rings is 1. The van der Waals surface area contributed by atoms with Gasteiger partial charge in [0.2, 0.25) is 0 Å². The molecule has 5 heteroatoms. The van der Waals surface area contributed by atoms with Gasteiger partial charge in [-0.1, -0.05) is 18.2 Å². The second kappa shape index (κ2) is 4.53. The lowest BCUT2D eigenvalue weighted by Gasteiger charge is -2.49. The van der Waals surface area contributed by atoms with Crippen molar-refractivity contribution >= 4 is 11.7 Å². The number of amides is 2. The molecule has 2 N–H and O–H groups in total. The van der Waals surface area contributed by atoms with Crippen molar-refractivity contribution in [2.24, 2.45) is 5.73 Å². The molecule has 0 spiro atoms. The Kier molecular flexibility index (Phi) is 2.73. The van der Waals surface area contributed by atoms with E-state index in [0.29, 0.717) is 13.1 Å². The average molecular weight is 296 g/mol. The van der Waals surface area contributed by atoms with Gasteiger partial charge in [0.25, 0.3) is 0 Å². The van der Waals surface area contributed by atoms with Gasteiger partial charge >= 0.3 is 6.03 Å². The van der Waals surface area contributed by atoms with Crippen molar-refractivity contribution in [1.82, 2.24) is 9.47 Å². The van der Waals surface area contributed by atoms with Gasteiger partial charge in [-0.05, 0) is 30.7 Å². The number of benzene rings is 1. The monoisotopic (exact) mass is 296 g/mol. The number of primary amides is 1. The maximum atomic E-state index is 11.7. The van der Waals surface area contributed by atoms with Crippen molar-refractivity contribution in [1.29, 1.82) is 0 Å². The van der Waals surface area contributed by atoms with Crippen molar-refractivity contribution in [3.05, 3.63) is 53.9 Å². The predicted octanol–water partition coefficient (Wildman–Crippen LogP) is 1.97. The minimum atomic E-state index is -0.337. The Morgan fingerprint density at radius 3 is 2.82 bits per heavy atom. The molecule has 1 fully saturated rings. The third-order valence-electron chi connectivity index (χ3n) is 5.00. The Hall–Kier alpha value is -2.43. The van der Waals surface area contributed by atoms with Gasteiger partial charge in [0.1, 0.15) is 0 Å². The van der Waals surface area contributed by atoms with Crippen LogP contribution in [0.3, 0.4) is 0 Å². The summed E-state index contributed by atoms with van der Waals surface area (Å²) in [5.74, 6) is 0. The first-order valence-corrected chi connectivity index (χ1v) is 7.65. The molecule has 0 radical (unpaired) electrons. The molecule has 0 bridgehead atoms. The van der Waals surface area contributed by atoms with E-state index in [1.807, 2.05) is 0 Å². The molecular formula is C17H20N4O. The summed E-state index contributed by atoms with van der Waals surface area (Å²) < 4.78 is 2.28. The number of urea groups is 1. The van der Waals surface area contributed by atoms with Crippen LogP contribution in [-0.2, 0) is 12.1 Å². The fourth-order valence-corrected chi connectivity index (χ4v) is 3.93. The fourth-order valence-electron chi connectivity index (χ4n) is 3.93. The Morgan fingerprint density at radius 1 is 1.18 bits per heavy atom. The van der Waals surface area contributed by atoms with Crippen molar-refractivity contribution in [3.8, 4) is 0 Å². The van der Waals surface area contributed by atoms with Crippen molar-refractivity contribution < 1.29 is 4.79 Å². The third kappa shape index (κ3) is 1.75. The van der Waals surface area contributed by atoms with Crippen molar-refractivity contribution in [2.75, 3.05) is 24.5 Å². The van der Waals surface area contributed by atoms with Crippen LogP contribution < -0.4 is 10.6 Å². The molecule has 4 rings (SSSR count). The third-order valence-corrected chi connectivity index (χ3v) is 5.00. The first-order chi connectivity index (χ1) is 10.6. The summed E-state index contributed by atoms with van der Waals surface area (Å²) in [5.41, 5.74) is 9.09. The molecule has 0 saturated carbocycles. The lowest BCUT2D eigenvalue weighted by Crippen LogP contribution is -2.61. The molecule has 1 aromatic heterocycles. The van der Waals surface area contributed by atoms with E-state index >= 15 is 0 Å². The number of rotatable bonds is 0. The van der Waals surface area contributed by atoms with Crippen molar-refractivity contribution in [2.45, 2.75) is 19.0 Å². The maximum Gasteiger partial charge on any atom is 0.314 e. The molecule has 1 saturated heterocycles. The number of aromatic nitrogens is 1. The largest absolute Gasteiger partial charge is 0.357 e. The zero-order chi connectivity index (χ0) is 15.3. The molecule has 5 nitrogen and oxygen atoms in total. The number of carbonyl (C=O) groups excluding carboxylic acids is 1. The second-order valence-electron chi connectivity index (χ2n) is 6.34. The van der Waals surface area contributed by atoms with Crippen LogP contribution in [0.2, 0.25) is 0 Å². The summed E-state index contributed by atoms with van der Waals surface area (Å²) in [4.78, 5) is 15.9. The van der Waals surface area contributed by atoms with Crippen LogP contribution in [0, 0.1) is 0 Å². The number of para-hydroxylation sites is 1. The van der Waals surface area contributed by atoms with Gasteiger partial charge in [0.15, 0.2) is 0 Å². The van der Waals surface area contributed by atoms with E-state index in [0.717, 1.165) is 13.1 Å². The van der Waals surface area contributed by atoms with Gasteiger partial charge in [-0.3, -0.25) is 0 Å². The summed E-state index contributed by atoms with van der Waals surface area (Å²) in [6.07, 6.45) is 2.12. The normalized spacial score (nSPS) is 23.3. The van der Waals surface area contributed by atoms with Gasteiger partial charge < -0.3 is 20.1 Å². The van der Waals surface area contributed by atoms with E-state index in [2.05, 4.69) is 59.0 Å². The topological polar surface area (TPSA) is 54.5 Å². The summed E-state index contributed by atoms with van der Waals surface area (Å²) in [6, 6.07) is 12.4. The molecule has 2 aliphatic rings. The fraction of sp³-hybridized carbons (Fsp3) is 0.353. The Labute approximate surface area is 129 Å². The molecule has 0 aliphatic carbocycles. The minimum absolute atomic E-state index is 0.261. The number of carbonyl (C=O) groups is 1. The number of nitrogens with two attached hydrogens (primary N) is 1. The van der Waals surface area contributed by atoms with Gasteiger partial charge in [-0.2, -0.15) is 0 Å². The zero-order valence-corrected chi connectivity index (χ0v) is 12.7. The molecular weight excluding hydrogens is 276 g/mol. The lowest BCUT2D eigenvalue weighted by molar-refractivity contribution is 0.170. The summed E-state index contributed by atoms with van der Waals surface area (Å²) >= 11 is 0. The SMILES string of the molecule is CC12CN(C(N)=O)CCN1c1ccccc1Cn1cccc12. The van der Waals surface area contributed by atoms with E-state index in [4.69, 9.17) is 5.73 Å². The van der Waals surface area contributed by atoms with Crippen LogP contribution >= 0.6 is 0 Å².